The second-order valence-corrected chi connectivity index (χ2v) is 9.75. The lowest BCUT2D eigenvalue weighted by atomic mass is 9.78. The van der Waals surface area contributed by atoms with Gasteiger partial charge in [-0.15, -0.1) is 0 Å². The fraction of sp³-hybridized carbons (Fsp3) is 0.500. The van der Waals surface area contributed by atoms with Crippen molar-refractivity contribution < 1.29 is 4.39 Å². The first kappa shape index (κ1) is 19.2. The maximum Gasteiger partial charge on any atom is 0.143 e. The summed E-state index contributed by atoms with van der Waals surface area (Å²) in [5.41, 5.74) is 4.20. The standard InChI is InChI=1S/C24H29FN6/c1-29-15-24(16-29)6-5-19(12-24)30-7-9-31(10-8-30)21-11-18(25)14-26-23(21)20-4-2-3-17-13-27-28-22(17)20/h2-4,11,13-14,19H,5-10,12,15-16H2,1H3,(H,27,28). The van der Waals surface area contributed by atoms with Crippen molar-refractivity contribution in [1.82, 2.24) is 25.0 Å². The van der Waals surface area contributed by atoms with Gasteiger partial charge in [0.25, 0.3) is 0 Å². The van der Waals surface area contributed by atoms with E-state index in [0.29, 0.717) is 11.5 Å². The van der Waals surface area contributed by atoms with Gasteiger partial charge in [0.2, 0.25) is 0 Å². The summed E-state index contributed by atoms with van der Waals surface area (Å²) in [5.74, 6) is -0.287. The predicted molar refractivity (Wildman–Crippen MR) is 121 cm³/mol. The largest absolute Gasteiger partial charge is 0.367 e. The van der Waals surface area contributed by atoms with Crippen LogP contribution in [0.2, 0.25) is 0 Å². The molecule has 31 heavy (non-hydrogen) atoms. The van der Waals surface area contributed by atoms with E-state index in [1.165, 1.54) is 38.5 Å². The van der Waals surface area contributed by atoms with Crippen molar-refractivity contribution in [1.29, 1.82) is 0 Å². The number of fused-ring (bicyclic) bond motifs is 1. The van der Waals surface area contributed by atoms with Crippen LogP contribution in [0.25, 0.3) is 22.2 Å². The first-order chi connectivity index (χ1) is 15.1. The first-order valence-electron chi connectivity index (χ1n) is 11.4. The number of likely N-dealkylation sites (tertiary alicyclic amines) is 1. The summed E-state index contributed by atoms with van der Waals surface area (Å²) in [6.45, 7) is 6.39. The van der Waals surface area contributed by atoms with Crippen LogP contribution in [0.3, 0.4) is 0 Å². The first-order valence-corrected chi connectivity index (χ1v) is 11.4. The van der Waals surface area contributed by atoms with Gasteiger partial charge in [0.1, 0.15) is 5.82 Å². The molecular formula is C24H29FN6. The number of para-hydroxylation sites is 1. The quantitative estimate of drug-likeness (QED) is 0.704. The fourth-order valence-corrected chi connectivity index (χ4v) is 6.25. The van der Waals surface area contributed by atoms with Gasteiger partial charge in [-0.2, -0.15) is 5.10 Å². The number of rotatable bonds is 3. The number of nitrogens with one attached hydrogen (secondary N) is 1. The number of aromatic amines is 1. The van der Waals surface area contributed by atoms with Crippen LogP contribution in [0.5, 0.6) is 0 Å². The van der Waals surface area contributed by atoms with Gasteiger partial charge >= 0.3 is 0 Å². The van der Waals surface area contributed by atoms with Crippen molar-refractivity contribution in [2.45, 2.75) is 25.3 Å². The number of H-pyrrole nitrogens is 1. The number of anilines is 1. The monoisotopic (exact) mass is 420 g/mol. The maximum absolute atomic E-state index is 14.2. The number of aromatic nitrogens is 3. The van der Waals surface area contributed by atoms with Crippen LogP contribution in [-0.4, -0.2) is 77.3 Å². The molecule has 1 aliphatic carbocycles. The molecule has 3 fully saturated rings. The Hall–Kier alpha value is -2.51. The number of piperazine rings is 1. The highest BCUT2D eigenvalue weighted by Crippen LogP contribution is 2.46. The Labute approximate surface area is 182 Å². The Bertz CT molecular complexity index is 1100. The van der Waals surface area contributed by atoms with Crippen molar-refractivity contribution in [2.75, 3.05) is 51.2 Å². The molecule has 1 N–H and O–H groups in total. The van der Waals surface area contributed by atoms with Crippen LogP contribution in [0.15, 0.2) is 36.7 Å². The molecule has 0 amide bonds. The van der Waals surface area contributed by atoms with E-state index < -0.39 is 0 Å². The van der Waals surface area contributed by atoms with Crippen molar-refractivity contribution in [2.24, 2.45) is 5.41 Å². The maximum atomic E-state index is 14.2. The third kappa shape index (κ3) is 3.31. The SMILES string of the molecule is CN1CC2(CCC(N3CCN(c4cc(F)cnc4-c4cccc5cn[nH]c45)CC3)C2)C1. The molecule has 1 aromatic carbocycles. The van der Waals surface area contributed by atoms with Crippen molar-refractivity contribution >= 4 is 16.6 Å². The number of pyridine rings is 1. The molecule has 7 heteroatoms. The van der Waals surface area contributed by atoms with E-state index in [9.17, 15) is 4.39 Å². The van der Waals surface area contributed by atoms with Gasteiger partial charge in [0.15, 0.2) is 0 Å². The van der Waals surface area contributed by atoms with Gasteiger partial charge in [-0.05, 0) is 31.7 Å². The number of hydrogen-bond acceptors (Lipinski definition) is 5. The number of nitrogens with zero attached hydrogens (tertiary/aromatic N) is 5. The average molecular weight is 421 g/mol. The third-order valence-corrected chi connectivity index (χ3v) is 7.62. The summed E-state index contributed by atoms with van der Waals surface area (Å²) in [7, 11) is 2.23. The lowest BCUT2D eigenvalue weighted by molar-refractivity contribution is 0.0204. The minimum absolute atomic E-state index is 0.287. The summed E-state index contributed by atoms with van der Waals surface area (Å²) in [6, 6.07) is 8.42. The Kier molecular flexibility index (Phi) is 4.51. The highest BCUT2D eigenvalue weighted by Gasteiger charge is 2.48. The fourth-order valence-electron chi connectivity index (χ4n) is 6.25. The van der Waals surface area contributed by atoms with Gasteiger partial charge in [-0.1, -0.05) is 18.2 Å². The third-order valence-electron chi connectivity index (χ3n) is 7.62. The molecule has 2 aromatic heterocycles. The van der Waals surface area contributed by atoms with E-state index in [1.807, 2.05) is 24.4 Å². The van der Waals surface area contributed by atoms with Crippen LogP contribution in [0, 0.1) is 11.2 Å². The highest BCUT2D eigenvalue weighted by molar-refractivity contribution is 5.95. The molecule has 1 unspecified atom stereocenters. The van der Waals surface area contributed by atoms with Gasteiger partial charge in [-0.3, -0.25) is 15.0 Å². The molecule has 3 aliphatic rings. The topological polar surface area (TPSA) is 51.3 Å². The van der Waals surface area contributed by atoms with Crippen molar-refractivity contribution in [3.05, 3.63) is 42.5 Å². The Morgan fingerprint density at radius 2 is 1.97 bits per heavy atom. The molecule has 0 radical (unpaired) electrons. The molecule has 6 nitrogen and oxygen atoms in total. The average Bonchev–Trinajstić information content (AvgIpc) is 3.41. The molecule has 162 valence electrons. The molecule has 1 atom stereocenters. The zero-order chi connectivity index (χ0) is 21.0. The van der Waals surface area contributed by atoms with E-state index in [1.54, 1.807) is 6.07 Å². The van der Waals surface area contributed by atoms with E-state index in [2.05, 4.69) is 36.9 Å². The zero-order valence-electron chi connectivity index (χ0n) is 18.0. The predicted octanol–water partition coefficient (Wildman–Crippen LogP) is 3.37. The van der Waals surface area contributed by atoms with Crippen LogP contribution >= 0.6 is 0 Å². The van der Waals surface area contributed by atoms with Crippen LogP contribution in [0.4, 0.5) is 10.1 Å². The van der Waals surface area contributed by atoms with Gasteiger partial charge < -0.3 is 9.80 Å². The molecule has 0 bridgehead atoms. The summed E-state index contributed by atoms with van der Waals surface area (Å²) >= 11 is 0. The summed E-state index contributed by atoms with van der Waals surface area (Å²) in [5, 5.41) is 8.30. The van der Waals surface area contributed by atoms with E-state index in [4.69, 9.17) is 0 Å². The van der Waals surface area contributed by atoms with Crippen LogP contribution < -0.4 is 4.90 Å². The summed E-state index contributed by atoms with van der Waals surface area (Å²) in [4.78, 5) is 11.9. The Balaban J connectivity index is 1.22. The van der Waals surface area contributed by atoms with E-state index in [-0.39, 0.29) is 5.82 Å². The van der Waals surface area contributed by atoms with Crippen LogP contribution in [-0.2, 0) is 0 Å². The second-order valence-electron chi connectivity index (χ2n) is 9.75. The smallest absolute Gasteiger partial charge is 0.143 e. The summed E-state index contributed by atoms with van der Waals surface area (Å²) < 4.78 is 14.2. The summed E-state index contributed by atoms with van der Waals surface area (Å²) in [6.07, 6.45) is 7.16. The molecule has 6 rings (SSSR count). The number of hydrogen-bond donors (Lipinski definition) is 1. The van der Waals surface area contributed by atoms with Crippen LogP contribution in [0.1, 0.15) is 19.3 Å². The Morgan fingerprint density at radius 1 is 1.13 bits per heavy atom. The second kappa shape index (κ2) is 7.28. The van der Waals surface area contributed by atoms with Crippen molar-refractivity contribution in [3.8, 4) is 11.3 Å². The molecule has 2 saturated heterocycles. The van der Waals surface area contributed by atoms with E-state index >= 15 is 0 Å². The van der Waals surface area contributed by atoms with Gasteiger partial charge in [-0.25, -0.2) is 4.39 Å². The lowest BCUT2D eigenvalue weighted by Crippen LogP contribution is -2.54. The lowest BCUT2D eigenvalue weighted by Gasteiger charge is -2.47. The zero-order valence-corrected chi connectivity index (χ0v) is 18.0. The van der Waals surface area contributed by atoms with Gasteiger partial charge in [0, 0.05) is 62.3 Å². The minimum Gasteiger partial charge on any atom is -0.367 e. The van der Waals surface area contributed by atoms with Crippen molar-refractivity contribution in [3.63, 3.8) is 0 Å². The molecular weight excluding hydrogens is 391 g/mol. The molecule has 2 aliphatic heterocycles. The Morgan fingerprint density at radius 3 is 2.77 bits per heavy atom. The molecule has 4 heterocycles. The minimum atomic E-state index is -0.287. The number of halogens is 1. The van der Waals surface area contributed by atoms with E-state index in [0.717, 1.165) is 54.0 Å². The molecule has 3 aromatic rings. The highest BCUT2D eigenvalue weighted by atomic mass is 19.1. The normalized spacial score (nSPS) is 24.2. The van der Waals surface area contributed by atoms with Gasteiger partial charge in [0.05, 0.1) is 29.3 Å². The molecule has 1 saturated carbocycles. The molecule has 1 spiro atoms. The number of benzene rings is 1.